The van der Waals surface area contributed by atoms with E-state index in [1.54, 1.807) is 0 Å². The number of anilines is 1. The third-order valence-corrected chi connectivity index (χ3v) is 8.17. The molecule has 1 heterocycles. The van der Waals surface area contributed by atoms with Gasteiger partial charge in [0.2, 0.25) is 11.8 Å². The van der Waals surface area contributed by atoms with Gasteiger partial charge in [-0.25, -0.2) is 14.4 Å². The van der Waals surface area contributed by atoms with Crippen molar-refractivity contribution in [1.82, 2.24) is 15.3 Å². The third-order valence-electron chi connectivity index (χ3n) is 6.63. The van der Waals surface area contributed by atoms with Crippen molar-refractivity contribution < 1.29 is 31.9 Å². The zero-order valence-corrected chi connectivity index (χ0v) is 21.5. The van der Waals surface area contributed by atoms with E-state index in [-0.39, 0.29) is 39.5 Å². The van der Waals surface area contributed by atoms with Crippen molar-refractivity contribution in [2.75, 3.05) is 19.0 Å². The van der Waals surface area contributed by atoms with E-state index in [2.05, 4.69) is 30.3 Å². The van der Waals surface area contributed by atoms with Crippen LogP contribution in [0.25, 0.3) is 0 Å². The molecule has 204 valence electrons. The van der Waals surface area contributed by atoms with Gasteiger partial charge in [-0.2, -0.15) is 13.2 Å². The Morgan fingerprint density at radius 1 is 1.26 bits per heavy atom. The predicted molar refractivity (Wildman–Crippen MR) is 133 cm³/mol. The summed E-state index contributed by atoms with van der Waals surface area (Å²) in [4.78, 5) is 37.4. The van der Waals surface area contributed by atoms with Crippen LogP contribution in [0, 0.1) is 11.7 Å². The molecule has 0 spiro atoms. The van der Waals surface area contributed by atoms with Crippen molar-refractivity contribution in [2.24, 2.45) is 16.6 Å². The van der Waals surface area contributed by atoms with E-state index in [1.807, 2.05) is 13.8 Å². The molecule has 0 saturated heterocycles. The molecule has 38 heavy (non-hydrogen) atoms. The zero-order chi connectivity index (χ0) is 27.9. The molecule has 2 aliphatic carbocycles. The van der Waals surface area contributed by atoms with Crippen LogP contribution in [0.3, 0.4) is 0 Å². The molecule has 2 fully saturated rings. The van der Waals surface area contributed by atoms with Crippen LogP contribution >= 0.6 is 11.8 Å². The molecule has 2 amide bonds. The molecule has 9 nitrogen and oxygen atoms in total. The van der Waals surface area contributed by atoms with Gasteiger partial charge in [0, 0.05) is 24.2 Å². The number of hydrogen-bond acceptors (Lipinski definition) is 7. The van der Waals surface area contributed by atoms with Gasteiger partial charge in [-0.3, -0.25) is 14.6 Å². The number of alkyl halides is 3. The Hall–Kier alpha value is -3.42. The van der Waals surface area contributed by atoms with Gasteiger partial charge in [0.05, 0.1) is 12.4 Å². The maximum absolute atomic E-state index is 15.0. The maximum Gasteiger partial charge on any atom is 0.422 e. The number of nitrogens with two attached hydrogens (primary N) is 1. The Morgan fingerprint density at radius 3 is 2.55 bits per heavy atom. The summed E-state index contributed by atoms with van der Waals surface area (Å²) < 4.78 is 55.3. The average Bonchev–Trinajstić information content (AvgIpc) is 3.74. The molecule has 2 aromatic rings. The molecule has 2 saturated carbocycles. The van der Waals surface area contributed by atoms with E-state index in [1.165, 1.54) is 25.2 Å². The Labute approximate surface area is 220 Å². The van der Waals surface area contributed by atoms with Crippen LogP contribution in [0.5, 0.6) is 5.88 Å². The molecule has 4 rings (SSSR count). The van der Waals surface area contributed by atoms with Crippen molar-refractivity contribution in [3.8, 4) is 5.88 Å². The molecule has 1 aromatic heterocycles. The summed E-state index contributed by atoms with van der Waals surface area (Å²) in [5, 5.41) is 5.82. The van der Waals surface area contributed by atoms with Gasteiger partial charge in [-0.1, -0.05) is 18.7 Å². The SMILES string of the molecule is CN=C(N)S[C@@]1(C(=O)NC2(C)CC2)C(C)C1c1cc(NC(=O)c2cnc(OCC(F)(F)F)cn2)ccc1F. The lowest BCUT2D eigenvalue weighted by Crippen LogP contribution is -2.43. The smallest absolute Gasteiger partial charge is 0.422 e. The van der Waals surface area contributed by atoms with Crippen LogP contribution in [0.1, 0.15) is 48.7 Å². The van der Waals surface area contributed by atoms with E-state index in [9.17, 15) is 22.8 Å². The number of amidine groups is 1. The second kappa shape index (κ2) is 10.0. The first-order valence-electron chi connectivity index (χ1n) is 11.6. The summed E-state index contributed by atoms with van der Waals surface area (Å²) in [5.74, 6) is -2.74. The number of carbonyl (C=O) groups is 2. The highest BCUT2D eigenvalue weighted by Gasteiger charge is 2.70. The maximum atomic E-state index is 15.0. The fourth-order valence-corrected chi connectivity index (χ4v) is 5.50. The van der Waals surface area contributed by atoms with Crippen LogP contribution in [0.4, 0.5) is 23.2 Å². The molecule has 4 N–H and O–H groups in total. The minimum absolute atomic E-state index is 0.191. The molecule has 0 aliphatic heterocycles. The lowest BCUT2D eigenvalue weighted by Gasteiger charge is -2.21. The number of thioether (sulfide) groups is 1. The first-order valence-corrected chi connectivity index (χ1v) is 12.5. The summed E-state index contributed by atoms with van der Waals surface area (Å²) in [6.07, 6.45) is -0.981. The summed E-state index contributed by atoms with van der Waals surface area (Å²) in [5.41, 5.74) is 5.95. The molecule has 0 bridgehead atoms. The fraction of sp³-hybridized carbons (Fsp3) is 0.458. The number of amides is 2. The Kier molecular flexibility index (Phi) is 7.30. The number of halogens is 4. The molecule has 2 unspecified atom stereocenters. The second-order valence-electron chi connectivity index (χ2n) is 9.57. The lowest BCUT2D eigenvalue weighted by molar-refractivity contribution is -0.154. The van der Waals surface area contributed by atoms with Crippen LogP contribution in [0.15, 0.2) is 35.6 Å². The number of aliphatic imine (C=N–C) groups is 1. The monoisotopic (exact) mass is 554 g/mol. The van der Waals surface area contributed by atoms with Crippen LogP contribution in [-0.2, 0) is 4.79 Å². The molecule has 2 aliphatic rings. The van der Waals surface area contributed by atoms with Gasteiger partial charge < -0.3 is 21.1 Å². The van der Waals surface area contributed by atoms with Crippen molar-refractivity contribution in [2.45, 2.75) is 49.1 Å². The Bertz CT molecular complexity index is 1270. The highest BCUT2D eigenvalue weighted by Crippen LogP contribution is 2.66. The van der Waals surface area contributed by atoms with Gasteiger partial charge in [0.25, 0.3) is 5.91 Å². The summed E-state index contributed by atoms with van der Waals surface area (Å²) in [6.45, 7) is 2.23. The average molecular weight is 555 g/mol. The summed E-state index contributed by atoms with van der Waals surface area (Å²) >= 11 is 1.09. The van der Waals surface area contributed by atoms with E-state index in [0.29, 0.717) is 0 Å². The van der Waals surface area contributed by atoms with Gasteiger partial charge in [0.1, 0.15) is 16.3 Å². The number of aromatic nitrogens is 2. The highest BCUT2D eigenvalue weighted by molar-refractivity contribution is 8.15. The van der Waals surface area contributed by atoms with Crippen molar-refractivity contribution in [3.63, 3.8) is 0 Å². The number of rotatable bonds is 8. The minimum atomic E-state index is -4.54. The molecule has 14 heteroatoms. The standard InChI is InChI=1S/C24H26F4N6O3S/c1-12-18(24(12,38-21(29)30-3)20(36)34-22(2)6-7-22)14-8-13(4-5-15(14)25)33-19(35)16-9-32-17(10-31-16)37-11-23(26,27)28/h4-5,8-10,12,18H,6-7,11H2,1-3H3,(H2,29,30)(H,33,35)(H,34,36)/t12?,18?,24-/m0/s1. The molecule has 1 aromatic carbocycles. The first kappa shape index (κ1) is 27.6. The number of nitrogens with zero attached hydrogens (tertiary/aromatic N) is 3. The lowest BCUT2D eigenvalue weighted by atomic mass is 10.1. The Balaban J connectivity index is 1.52. The fourth-order valence-electron chi connectivity index (χ4n) is 4.20. The van der Waals surface area contributed by atoms with E-state index >= 15 is 4.39 Å². The van der Waals surface area contributed by atoms with Crippen LogP contribution in [-0.4, -0.2) is 57.1 Å². The predicted octanol–water partition coefficient (Wildman–Crippen LogP) is 3.63. The van der Waals surface area contributed by atoms with E-state index in [0.717, 1.165) is 37.0 Å². The summed E-state index contributed by atoms with van der Waals surface area (Å²) in [7, 11) is 1.51. The highest BCUT2D eigenvalue weighted by atomic mass is 32.2. The number of nitrogens with one attached hydrogen (secondary N) is 2. The topological polar surface area (TPSA) is 132 Å². The van der Waals surface area contributed by atoms with Gasteiger partial charge in [0.15, 0.2) is 11.8 Å². The molecular weight excluding hydrogens is 528 g/mol. The van der Waals surface area contributed by atoms with Crippen molar-refractivity contribution in [1.29, 1.82) is 0 Å². The van der Waals surface area contributed by atoms with Gasteiger partial charge in [-0.15, -0.1) is 0 Å². The third kappa shape index (κ3) is 5.84. The van der Waals surface area contributed by atoms with Crippen LogP contribution < -0.4 is 21.1 Å². The number of ether oxygens (including phenoxy) is 1. The molecular formula is C24H26F4N6O3S. The van der Waals surface area contributed by atoms with E-state index in [4.69, 9.17) is 5.73 Å². The number of hydrogen-bond donors (Lipinski definition) is 3. The molecule has 0 radical (unpaired) electrons. The number of benzene rings is 1. The quantitative estimate of drug-likeness (QED) is 0.258. The molecule has 3 atom stereocenters. The number of carbonyl (C=O) groups excluding carboxylic acids is 2. The summed E-state index contributed by atoms with van der Waals surface area (Å²) in [6, 6.07) is 3.97. The normalized spacial score (nSPS) is 23.9. The van der Waals surface area contributed by atoms with Crippen molar-refractivity contribution >= 4 is 34.4 Å². The minimum Gasteiger partial charge on any atom is -0.467 e. The largest absolute Gasteiger partial charge is 0.467 e. The van der Waals surface area contributed by atoms with Gasteiger partial charge >= 0.3 is 6.18 Å². The van der Waals surface area contributed by atoms with Crippen LogP contribution in [0.2, 0.25) is 0 Å². The Morgan fingerprint density at radius 2 is 1.97 bits per heavy atom. The zero-order valence-electron chi connectivity index (χ0n) is 20.7. The van der Waals surface area contributed by atoms with Crippen molar-refractivity contribution in [3.05, 3.63) is 47.7 Å². The first-order chi connectivity index (χ1) is 17.8. The van der Waals surface area contributed by atoms with E-state index < -0.39 is 41.1 Å². The van der Waals surface area contributed by atoms with Gasteiger partial charge in [-0.05, 0) is 49.4 Å². The second-order valence-corrected chi connectivity index (χ2v) is 10.9.